The highest BCUT2D eigenvalue weighted by Crippen LogP contribution is 2.26. The number of rotatable bonds is 1. The Labute approximate surface area is 90.9 Å². The topological polar surface area (TPSA) is 17.8 Å². The standard InChI is InChI=1S/C13H18N2/c1-13(2,3)8-10-9-15(4)11-6-5-7-14-12(10)11/h5-7,9H,8H2,1-4H3. The molecule has 0 saturated heterocycles. The lowest BCUT2D eigenvalue weighted by molar-refractivity contribution is 0.412. The van der Waals surface area contributed by atoms with Gasteiger partial charge in [0.1, 0.15) is 0 Å². The number of hydrogen-bond acceptors (Lipinski definition) is 1. The zero-order valence-electron chi connectivity index (χ0n) is 9.91. The molecule has 2 aromatic heterocycles. The first-order chi connectivity index (χ1) is 6.97. The van der Waals surface area contributed by atoms with Gasteiger partial charge in [0.25, 0.3) is 0 Å². The quantitative estimate of drug-likeness (QED) is 0.694. The molecule has 15 heavy (non-hydrogen) atoms. The fourth-order valence-electron chi connectivity index (χ4n) is 1.99. The first kappa shape index (κ1) is 10.2. The van der Waals surface area contributed by atoms with Crippen molar-refractivity contribution in [1.29, 1.82) is 0 Å². The van der Waals surface area contributed by atoms with E-state index in [2.05, 4.69) is 49.6 Å². The highest BCUT2D eigenvalue weighted by Gasteiger charge is 2.15. The largest absolute Gasteiger partial charge is 0.349 e. The summed E-state index contributed by atoms with van der Waals surface area (Å²) in [6, 6.07) is 4.11. The summed E-state index contributed by atoms with van der Waals surface area (Å²) in [5.41, 5.74) is 4.03. The van der Waals surface area contributed by atoms with Gasteiger partial charge < -0.3 is 4.57 Å². The van der Waals surface area contributed by atoms with E-state index in [-0.39, 0.29) is 0 Å². The molecular weight excluding hydrogens is 184 g/mol. The molecule has 0 fully saturated rings. The minimum Gasteiger partial charge on any atom is -0.349 e. The van der Waals surface area contributed by atoms with Gasteiger partial charge >= 0.3 is 0 Å². The van der Waals surface area contributed by atoms with Crippen molar-refractivity contribution in [1.82, 2.24) is 9.55 Å². The Morgan fingerprint density at radius 1 is 1.33 bits per heavy atom. The lowest BCUT2D eigenvalue weighted by Crippen LogP contribution is -2.08. The van der Waals surface area contributed by atoms with Crippen molar-refractivity contribution in [2.24, 2.45) is 12.5 Å². The van der Waals surface area contributed by atoms with Crippen LogP contribution < -0.4 is 0 Å². The van der Waals surface area contributed by atoms with Crippen LogP contribution in [0, 0.1) is 5.41 Å². The third-order valence-electron chi connectivity index (χ3n) is 2.54. The first-order valence-corrected chi connectivity index (χ1v) is 5.36. The van der Waals surface area contributed by atoms with E-state index < -0.39 is 0 Å². The highest BCUT2D eigenvalue weighted by molar-refractivity contribution is 5.79. The molecule has 2 heteroatoms. The molecule has 0 saturated carbocycles. The number of fused-ring (bicyclic) bond motifs is 1. The van der Waals surface area contributed by atoms with E-state index >= 15 is 0 Å². The van der Waals surface area contributed by atoms with Gasteiger partial charge in [-0.3, -0.25) is 4.98 Å². The van der Waals surface area contributed by atoms with Crippen LogP contribution in [-0.4, -0.2) is 9.55 Å². The highest BCUT2D eigenvalue weighted by atomic mass is 14.9. The van der Waals surface area contributed by atoms with Gasteiger partial charge in [0.2, 0.25) is 0 Å². The Hall–Kier alpha value is -1.31. The third kappa shape index (κ3) is 2.04. The van der Waals surface area contributed by atoms with E-state index in [1.807, 2.05) is 12.3 Å². The predicted molar refractivity (Wildman–Crippen MR) is 63.9 cm³/mol. The van der Waals surface area contributed by atoms with Gasteiger partial charge in [-0.15, -0.1) is 0 Å². The zero-order valence-corrected chi connectivity index (χ0v) is 9.91. The van der Waals surface area contributed by atoms with Crippen molar-refractivity contribution in [2.45, 2.75) is 27.2 Å². The Balaban J connectivity index is 2.53. The van der Waals surface area contributed by atoms with E-state index in [1.165, 1.54) is 11.1 Å². The van der Waals surface area contributed by atoms with Gasteiger partial charge in [-0.1, -0.05) is 20.8 Å². The summed E-state index contributed by atoms with van der Waals surface area (Å²) in [5.74, 6) is 0. The second kappa shape index (κ2) is 3.37. The summed E-state index contributed by atoms with van der Waals surface area (Å²) in [7, 11) is 2.08. The van der Waals surface area contributed by atoms with E-state index in [0.29, 0.717) is 5.41 Å². The monoisotopic (exact) mass is 202 g/mol. The zero-order chi connectivity index (χ0) is 11.1. The smallest absolute Gasteiger partial charge is 0.0912 e. The minimum absolute atomic E-state index is 0.311. The van der Waals surface area contributed by atoms with E-state index in [0.717, 1.165) is 11.9 Å². The Morgan fingerprint density at radius 2 is 2.07 bits per heavy atom. The number of pyridine rings is 1. The van der Waals surface area contributed by atoms with Crippen molar-refractivity contribution >= 4 is 11.0 Å². The Morgan fingerprint density at radius 3 is 2.73 bits per heavy atom. The molecule has 80 valence electrons. The van der Waals surface area contributed by atoms with E-state index in [1.54, 1.807) is 0 Å². The van der Waals surface area contributed by atoms with Gasteiger partial charge in [-0.25, -0.2) is 0 Å². The maximum Gasteiger partial charge on any atom is 0.0912 e. The van der Waals surface area contributed by atoms with E-state index in [4.69, 9.17) is 0 Å². The molecule has 0 aromatic carbocycles. The average Bonchev–Trinajstić information content (AvgIpc) is 2.42. The molecule has 0 radical (unpaired) electrons. The number of hydrogen-bond donors (Lipinski definition) is 0. The SMILES string of the molecule is Cn1cc(CC(C)(C)C)c2ncccc21. The molecule has 0 aliphatic rings. The van der Waals surface area contributed by atoms with Gasteiger partial charge in [-0.2, -0.15) is 0 Å². The Kier molecular flexibility index (Phi) is 2.29. The number of nitrogens with zero attached hydrogens (tertiary/aromatic N) is 2. The van der Waals surface area contributed by atoms with Crippen LogP contribution >= 0.6 is 0 Å². The maximum atomic E-state index is 4.47. The maximum absolute atomic E-state index is 4.47. The summed E-state index contributed by atoms with van der Waals surface area (Å²) in [4.78, 5) is 4.47. The second-order valence-electron chi connectivity index (χ2n) is 5.37. The van der Waals surface area contributed by atoms with Crippen molar-refractivity contribution in [3.8, 4) is 0 Å². The molecule has 0 amide bonds. The van der Waals surface area contributed by atoms with Crippen molar-refractivity contribution < 1.29 is 0 Å². The van der Waals surface area contributed by atoms with Crippen LogP contribution in [0.4, 0.5) is 0 Å². The second-order valence-corrected chi connectivity index (χ2v) is 5.37. The number of aromatic nitrogens is 2. The molecule has 0 atom stereocenters. The lowest BCUT2D eigenvalue weighted by atomic mass is 9.89. The molecule has 2 aromatic rings. The fourth-order valence-corrected chi connectivity index (χ4v) is 1.99. The molecule has 2 nitrogen and oxygen atoms in total. The molecule has 0 aliphatic heterocycles. The summed E-state index contributed by atoms with van der Waals surface area (Å²) < 4.78 is 2.16. The Bertz CT molecular complexity index is 475. The van der Waals surface area contributed by atoms with Crippen LogP contribution in [0.3, 0.4) is 0 Å². The van der Waals surface area contributed by atoms with Crippen LogP contribution in [0.5, 0.6) is 0 Å². The summed E-state index contributed by atoms with van der Waals surface area (Å²) >= 11 is 0. The van der Waals surface area contributed by atoms with Crippen LogP contribution in [0.25, 0.3) is 11.0 Å². The summed E-state index contributed by atoms with van der Waals surface area (Å²) in [6.45, 7) is 6.78. The van der Waals surface area contributed by atoms with Gasteiger partial charge in [0.15, 0.2) is 0 Å². The molecule has 2 heterocycles. The van der Waals surface area contributed by atoms with E-state index in [9.17, 15) is 0 Å². The van der Waals surface area contributed by atoms with Gasteiger partial charge in [-0.05, 0) is 29.5 Å². The molecule has 0 aliphatic carbocycles. The third-order valence-corrected chi connectivity index (χ3v) is 2.54. The van der Waals surface area contributed by atoms with Gasteiger partial charge in [0, 0.05) is 19.4 Å². The molecule has 0 spiro atoms. The molecular formula is C13H18N2. The first-order valence-electron chi connectivity index (χ1n) is 5.36. The normalized spacial score (nSPS) is 12.3. The summed E-state index contributed by atoms with van der Waals surface area (Å²) in [6.07, 6.45) is 5.14. The molecule has 2 rings (SSSR count). The fraction of sp³-hybridized carbons (Fsp3) is 0.462. The lowest BCUT2D eigenvalue weighted by Gasteiger charge is -2.16. The van der Waals surface area contributed by atoms with Crippen LogP contribution in [-0.2, 0) is 13.5 Å². The average molecular weight is 202 g/mol. The van der Waals surface area contributed by atoms with Crippen molar-refractivity contribution in [2.75, 3.05) is 0 Å². The molecule has 0 unspecified atom stereocenters. The van der Waals surface area contributed by atoms with Gasteiger partial charge in [0.05, 0.1) is 11.0 Å². The molecule has 0 N–H and O–H groups in total. The number of aryl methyl sites for hydroxylation is 1. The summed E-state index contributed by atoms with van der Waals surface area (Å²) in [5, 5.41) is 0. The van der Waals surface area contributed by atoms with Crippen LogP contribution in [0.1, 0.15) is 26.3 Å². The minimum atomic E-state index is 0.311. The van der Waals surface area contributed by atoms with Crippen molar-refractivity contribution in [3.63, 3.8) is 0 Å². The van der Waals surface area contributed by atoms with Crippen LogP contribution in [0.15, 0.2) is 24.5 Å². The molecule has 0 bridgehead atoms. The predicted octanol–water partition coefficient (Wildman–Crippen LogP) is 3.16. The van der Waals surface area contributed by atoms with Crippen LogP contribution in [0.2, 0.25) is 0 Å². The van der Waals surface area contributed by atoms with Crippen molar-refractivity contribution in [3.05, 3.63) is 30.1 Å².